The van der Waals surface area contributed by atoms with Gasteiger partial charge in [0.2, 0.25) is 0 Å². The average Bonchev–Trinajstić information content (AvgIpc) is 3.22. The maximum Gasteiger partial charge on any atom is 0.329 e. The zero-order valence-corrected chi connectivity index (χ0v) is 14.5. The molecule has 0 unspecified atom stereocenters. The molecule has 1 saturated heterocycles. The van der Waals surface area contributed by atoms with Crippen molar-refractivity contribution in [2.75, 3.05) is 19.8 Å². The van der Waals surface area contributed by atoms with Crippen molar-refractivity contribution >= 4 is 23.2 Å². The van der Waals surface area contributed by atoms with Crippen LogP contribution in [0.2, 0.25) is 0 Å². The number of aryl methyl sites for hydroxylation is 1. The summed E-state index contributed by atoms with van der Waals surface area (Å²) in [7, 11) is 0. The lowest BCUT2D eigenvalue weighted by Crippen LogP contribution is -2.51. The molecule has 134 valence electrons. The van der Waals surface area contributed by atoms with Crippen LogP contribution in [0.25, 0.3) is 10.6 Å². The first kappa shape index (κ1) is 17.6. The summed E-state index contributed by atoms with van der Waals surface area (Å²) < 4.78 is 10.7. The van der Waals surface area contributed by atoms with E-state index in [4.69, 9.17) is 14.6 Å². The number of carbonyl (C=O) groups excluding carboxylic acids is 1. The van der Waals surface area contributed by atoms with Gasteiger partial charge in [-0.1, -0.05) is 0 Å². The molecule has 3 heterocycles. The number of hydrogen-bond acceptors (Lipinski definition) is 6. The number of aromatic amines is 1. The van der Waals surface area contributed by atoms with Gasteiger partial charge in [-0.3, -0.25) is 9.89 Å². The number of carboxylic acids is 1. The largest absolute Gasteiger partial charge is 0.480 e. The third kappa shape index (κ3) is 4.44. The minimum atomic E-state index is -1.04. The zero-order valence-electron chi connectivity index (χ0n) is 13.7. The third-order valence-corrected chi connectivity index (χ3v) is 4.88. The lowest BCUT2D eigenvalue weighted by Gasteiger charge is -2.31. The summed E-state index contributed by atoms with van der Waals surface area (Å²) in [5.41, 5.74) is 1.05. The third-order valence-electron chi connectivity index (χ3n) is 3.85. The van der Waals surface area contributed by atoms with Crippen LogP contribution in [0.1, 0.15) is 21.8 Å². The Kier molecular flexibility index (Phi) is 5.47. The molecule has 0 aliphatic carbocycles. The standard InChI is InChI=1S/C16H19N3O5S/c1-9-2-3-14(25-9)10-6-11(19-18-10)16(22)17-12-7-23-5-4-13(12)24-8-15(20)21/h2-3,6,12-13H,4-5,7-8H2,1H3,(H,17,22)(H,18,19)(H,20,21)/t12-,13+/m1/s1. The molecule has 8 nitrogen and oxygen atoms in total. The Labute approximate surface area is 148 Å². The fraction of sp³-hybridized carbons (Fsp3) is 0.438. The molecule has 9 heteroatoms. The quantitative estimate of drug-likeness (QED) is 0.714. The molecule has 3 rings (SSSR count). The van der Waals surface area contributed by atoms with Crippen LogP contribution in [0.3, 0.4) is 0 Å². The van der Waals surface area contributed by atoms with Gasteiger partial charge in [-0.15, -0.1) is 11.3 Å². The number of carboxylic acid groups (broad SMARTS) is 1. The smallest absolute Gasteiger partial charge is 0.329 e. The van der Waals surface area contributed by atoms with E-state index in [2.05, 4.69) is 15.5 Å². The predicted octanol–water partition coefficient (Wildman–Crippen LogP) is 1.44. The number of carbonyl (C=O) groups is 2. The number of nitrogens with zero attached hydrogens (tertiary/aromatic N) is 1. The van der Waals surface area contributed by atoms with Crippen molar-refractivity contribution in [2.24, 2.45) is 0 Å². The second-order valence-electron chi connectivity index (χ2n) is 5.76. The van der Waals surface area contributed by atoms with Crippen molar-refractivity contribution in [1.29, 1.82) is 0 Å². The van der Waals surface area contributed by atoms with Crippen molar-refractivity contribution in [3.63, 3.8) is 0 Å². The first-order valence-electron chi connectivity index (χ1n) is 7.87. The van der Waals surface area contributed by atoms with Gasteiger partial charge in [-0.2, -0.15) is 5.10 Å². The number of ether oxygens (including phenoxy) is 2. The summed E-state index contributed by atoms with van der Waals surface area (Å²) in [4.78, 5) is 25.3. The molecule has 0 saturated carbocycles. The van der Waals surface area contributed by atoms with E-state index in [1.54, 1.807) is 17.4 Å². The molecule has 2 aromatic rings. The molecule has 1 fully saturated rings. The lowest BCUT2D eigenvalue weighted by molar-refractivity contribution is -0.147. The van der Waals surface area contributed by atoms with Crippen molar-refractivity contribution in [1.82, 2.24) is 15.5 Å². The van der Waals surface area contributed by atoms with Gasteiger partial charge in [-0.25, -0.2) is 4.79 Å². The van der Waals surface area contributed by atoms with E-state index in [1.165, 1.54) is 4.88 Å². The summed E-state index contributed by atoms with van der Waals surface area (Å²) in [6.07, 6.45) is 0.130. The summed E-state index contributed by atoms with van der Waals surface area (Å²) >= 11 is 1.61. The Hall–Kier alpha value is -2.23. The molecule has 1 amide bonds. The number of hydrogen-bond donors (Lipinski definition) is 3. The number of amides is 1. The van der Waals surface area contributed by atoms with Gasteiger partial charge in [0.15, 0.2) is 5.69 Å². The Morgan fingerprint density at radius 3 is 3.08 bits per heavy atom. The summed E-state index contributed by atoms with van der Waals surface area (Å²) in [6, 6.07) is 5.26. The summed E-state index contributed by atoms with van der Waals surface area (Å²) in [5, 5.41) is 18.5. The number of rotatable bonds is 6. The second kappa shape index (κ2) is 7.77. The van der Waals surface area contributed by atoms with Crippen LogP contribution in [-0.4, -0.2) is 59.1 Å². The van der Waals surface area contributed by atoms with Crippen LogP contribution in [0, 0.1) is 6.92 Å². The van der Waals surface area contributed by atoms with Gasteiger partial charge < -0.3 is 19.9 Å². The average molecular weight is 365 g/mol. The van der Waals surface area contributed by atoms with E-state index in [9.17, 15) is 9.59 Å². The highest BCUT2D eigenvalue weighted by atomic mass is 32.1. The van der Waals surface area contributed by atoms with E-state index >= 15 is 0 Å². The van der Waals surface area contributed by atoms with E-state index < -0.39 is 24.7 Å². The van der Waals surface area contributed by atoms with Gasteiger partial charge in [-0.05, 0) is 31.5 Å². The molecular formula is C16H19N3O5S. The Bertz CT molecular complexity index is 757. The molecule has 2 atom stereocenters. The molecule has 0 spiro atoms. The van der Waals surface area contributed by atoms with Crippen molar-refractivity contribution in [2.45, 2.75) is 25.5 Å². The van der Waals surface area contributed by atoms with Crippen molar-refractivity contribution in [3.8, 4) is 10.6 Å². The number of aromatic nitrogens is 2. The molecule has 2 aromatic heterocycles. The van der Waals surface area contributed by atoms with Crippen LogP contribution in [0.5, 0.6) is 0 Å². The minimum Gasteiger partial charge on any atom is -0.480 e. The summed E-state index contributed by atoms with van der Waals surface area (Å²) in [5.74, 6) is -1.39. The van der Waals surface area contributed by atoms with E-state index in [-0.39, 0.29) is 18.2 Å². The van der Waals surface area contributed by atoms with Crippen LogP contribution in [-0.2, 0) is 14.3 Å². The second-order valence-corrected chi connectivity index (χ2v) is 7.05. The first-order valence-corrected chi connectivity index (χ1v) is 8.69. The molecule has 0 radical (unpaired) electrons. The Balaban J connectivity index is 1.64. The molecule has 25 heavy (non-hydrogen) atoms. The van der Waals surface area contributed by atoms with Crippen molar-refractivity contribution in [3.05, 3.63) is 28.8 Å². The molecule has 1 aliphatic rings. The summed E-state index contributed by atoms with van der Waals surface area (Å²) in [6.45, 7) is 2.36. The number of aliphatic carboxylic acids is 1. The van der Waals surface area contributed by atoms with Gasteiger partial charge in [0, 0.05) is 11.5 Å². The Morgan fingerprint density at radius 2 is 2.36 bits per heavy atom. The molecule has 0 bridgehead atoms. The van der Waals surface area contributed by atoms with Crippen LogP contribution >= 0.6 is 11.3 Å². The number of nitrogens with one attached hydrogen (secondary N) is 2. The number of H-pyrrole nitrogens is 1. The maximum absolute atomic E-state index is 12.4. The predicted molar refractivity (Wildman–Crippen MR) is 90.7 cm³/mol. The monoisotopic (exact) mass is 365 g/mol. The van der Waals surface area contributed by atoms with E-state index in [0.717, 1.165) is 10.6 Å². The SMILES string of the molecule is Cc1ccc(-c2cc(C(=O)N[C@@H]3COCC[C@@H]3OCC(=O)O)n[nH]2)s1. The van der Waals surface area contributed by atoms with E-state index in [0.29, 0.717) is 13.0 Å². The molecule has 1 aliphatic heterocycles. The van der Waals surface area contributed by atoms with Crippen LogP contribution in [0.15, 0.2) is 18.2 Å². The highest BCUT2D eigenvalue weighted by molar-refractivity contribution is 7.15. The fourth-order valence-electron chi connectivity index (χ4n) is 2.62. The van der Waals surface area contributed by atoms with Crippen LogP contribution < -0.4 is 5.32 Å². The van der Waals surface area contributed by atoms with Gasteiger partial charge in [0.05, 0.1) is 29.3 Å². The van der Waals surface area contributed by atoms with Gasteiger partial charge in [0.1, 0.15) is 6.61 Å². The molecule has 0 aromatic carbocycles. The Morgan fingerprint density at radius 1 is 1.52 bits per heavy atom. The molecular weight excluding hydrogens is 346 g/mol. The highest BCUT2D eigenvalue weighted by Crippen LogP contribution is 2.26. The normalized spacial score (nSPS) is 20.4. The topological polar surface area (TPSA) is 114 Å². The van der Waals surface area contributed by atoms with Gasteiger partial charge >= 0.3 is 5.97 Å². The first-order chi connectivity index (χ1) is 12.0. The lowest BCUT2D eigenvalue weighted by atomic mass is 10.1. The minimum absolute atomic E-state index is 0.267. The fourth-order valence-corrected chi connectivity index (χ4v) is 3.45. The zero-order chi connectivity index (χ0) is 17.8. The maximum atomic E-state index is 12.4. The van der Waals surface area contributed by atoms with Gasteiger partial charge in [0.25, 0.3) is 5.91 Å². The van der Waals surface area contributed by atoms with Crippen molar-refractivity contribution < 1.29 is 24.2 Å². The van der Waals surface area contributed by atoms with E-state index in [1.807, 2.05) is 19.1 Å². The number of thiophene rings is 1. The van der Waals surface area contributed by atoms with Crippen LogP contribution in [0.4, 0.5) is 0 Å². The highest BCUT2D eigenvalue weighted by Gasteiger charge is 2.29. The molecule has 3 N–H and O–H groups in total.